The van der Waals surface area contributed by atoms with Crippen molar-refractivity contribution in [3.63, 3.8) is 0 Å². The van der Waals surface area contributed by atoms with Gasteiger partial charge in [0, 0.05) is 31.4 Å². The average Bonchev–Trinajstić information content (AvgIpc) is 3.15. The molecule has 146 valence electrons. The van der Waals surface area contributed by atoms with Gasteiger partial charge in [0.05, 0.1) is 16.6 Å². The van der Waals surface area contributed by atoms with Crippen molar-refractivity contribution in [1.29, 1.82) is 0 Å². The summed E-state index contributed by atoms with van der Waals surface area (Å²) in [4.78, 5) is 27.7. The second-order valence-electron chi connectivity index (χ2n) is 7.40. The summed E-state index contributed by atoms with van der Waals surface area (Å²) in [6, 6.07) is 9.48. The molecule has 1 saturated heterocycles. The Morgan fingerprint density at radius 1 is 1.21 bits per heavy atom. The van der Waals surface area contributed by atoms with Crippen LogP contribution in [0.4, 0.5) is 11.5 Å². The zero-order valence-corrected chi connectivity index (χ0v) is 16.4. The third-order valence-electron chi connectivity index (χ3n) is 5.24. The molecular weight excluding hydrogens is 350 g/mol. The van der Waals surface area contributed by atoms with Crippen LogP contribution in [0, 0.1) is 0 Å². The number of imidazole rings is 1. The second-order valence-corrected chi connectivity index (χ2v) is 7.40. The van der Waals surface area contributed by atoms with Gasteiger partial charge >= 0.3 is 0 Å². The Bertz CT molecular complexity index is 958. The highest BCUT2D eigenvalue weighted by molar-refractivity contribution is 6.08. The lowest BCUT2D eigenvalue weighted by Crippen LogP contribution is -2.32. The molecular formula is C22H27N5O. The summed E-state index contributed by atoms with van der Waals surface area (Å²) in [6.07, 6.45) is 8.50. The van der Waals surface area contributed by atoms with Crippen molar-refractivity contribution in [3.8, 4) is 0 Å². The van der Waals surface area contributed by atoms with Crippen LogP contribution in [0.15, 0.2) is 36.5 Å². The number of hydrogen-bond acceptors (Lipinski definition) is 4. The van der Waals surface area contributed by atoms with Crippen LogP contribution in [-0.4, -0.2) is 33.9 Å². The van der Waals surface area contributed by atoms with Crippen LogP contribution in [-0.2, 0) is 6.42 Å². The number of aromatic nitrogens is 3. The van der Waals surface area contributed by atoms with Crippen molar-refractivity contribution in [2.24, 2.45) is 0 Å². The maximum Gasteiger partial charge on any atom is 0.259 e. The first kappa shape index (κ1) is 18.5. The number of aryl methyl sites for hydroxylation is 1. The van der Waals surface area contributed by atoms with Gasteiger partial charge < -0.3 is 15.2 Å². The Morgan fingerprint density at radius 2 is 2.07 bits per heavy atom. The number of unbranched alkanes of at least 4 members (excludes halogenated alkanes) is 1. The zero-order chi connectivity index (χ0) is 19.3. The molecule has 3 aromatic rings. The largest absolute Gasteiger partial charge is 0.356 e. The Balaban J connectivity index is 1.53. The molecule has 0 unspecified atom stereocenters. The molecule has 0 aliphatic carbocycles. The summed E-state index contributed by atoms with van der Waals surface area (Å²) in [6.45, 7) is 4.09. The van der Waals surface area contributed by atoms with Crippen LogP contribution in [0.3, 0.4) is 0 Å². The molecule has 28 heavy (non-hydrogen) atoms. The fourth-order valence-corrected chi connectivity index (χ4v) is 3.73. The first-order chi connectivity index (χ1) is 13.7. The number of anilines is 2. The molecule has 3 heterocycles. The topological polar surface area (TPSA) is 73.9 Å². The predicted molar refractivity (Wildman–Crippen MR) is 113 cm³/mol. The van der Waals surface area contributed by atoms with Gasteiger partial charge in [-0.15, -0.1) is 0 Å². The number of amides is 1. The van der Waals surface area contributed by atoms with E-state index >= 15 is 0 Å². The number of rotatable bonds is 6. The van der Waals surface area contributed by atoms with Crippen LogP contribution in [0.25, 0.3) is 11.0 Å². The lowest BCUT2D eigenvalue weighted by Gasteiger charge is -2.29. The van der Waals surface area contributed by atoms with Gasteiger partial charge in [0.1, 0.15) is 11.6 Å². The second kappa shape index (κ2) is 8.42. The van der Waals surface area contributed by atoms with Crippen LogP contribution < -0.4 is 10.2 Å². The molecule has 0 bridgehead atoms. The van der Waals surface area contributed by atoms with E-state index < -0.39 is 0 Å². The molecule has 2 N–H and O–H groups in total. The summed E-state index contributed by atoms with van der Waals surface area (Å²) in [5.41, 5.74) is 3.26. The van der Waals surface area contributed by atoms with Gasteiger partial charge in [-0.05, 0) is 56.0 Å². The summed E-state index contributed by atoms with van der Waals surface area (Å²) in [5.74, 6) is 1.66. The fourth-order valence-electron chi connectivity index (χ4n) is 3.73. The van der Waals surface area contributed by atoms with Crippen molar-refractivity contribution in [1.82, 2.24) is 15.0 Å². The first-order valence-electron chi connectivity index (χ1n) is 10.2. The van der Waals surface area contributed by atoms with E-state index in [1.54, 1.807) is 6.20 Å². The van der Waals surface area contributed by atoms with Crippen LogP contribution in [0.2, 0.25) is 0 Å². The van der Waals surface area contributed by atoms with E-state index in [9.17, 15) is 4.79 Å². The van der Waals surface area contributed by atoms with Gasteiger partial charge in [0.25, 0.3) is 5.91 Å². The van der Waals surface area contributed by atoms with E-state index in [2.05, 4.69) is 32.1 Å². The fraction of sp³-hybridized carbons (Fsp3) is 0.409. The van der Waals surface area contributed by atoms with Gasteiger partial charge in [-0.2, -0.15) is 0 Å². The molecule has 4 rings (SSSR count). The number of nitrogens with one attached hydrogen (secondary N) is 2. The normalized spacial score (nSPS) is 14.4. The lowest BCUT2D eigenvalue weighted by atomic mass is 10.1. The Labute approximate surface area is 165 Å². The van der Waals surface area contributed by atoms with Crippen LogP contribution in [0.5, 0.6) is 0 Å². The molecule has 1 aliphatic heterocycles. The van der Waals surface area contributed by atoms with E-state index in [-0.39, 0.29) is 5.91 Å². The van der Waals surface area contributed by atoms with Crippen molar-refractivity contribution >= 4 is 28.4 Å². The molecule has 1 amide bonds. The summed E-state index contributed by atoms with van der Waals surface area (Å²) in [7, 11) is 0. The molecule has 0 radical (unpaired) electrons. The number of H-pyrrole nitrogens is 1. The first-order valence-corrected chi connectivity index (χ1v) is 10.2. The van der Waals surface area contributed by atoms with Crippen molar-refractivity contribution in [2.45, 2.75) is 45.4 Å². The minimum Gasteiger partial charge on any atom is -0.356 e. The third-order valence-corrected chi connectivity index (χ3v) is 5.24. The van der Waals surface area contributed by atoms with Crippen LogP contribution in [0.1, 0.15) is 55.2 Å². The summed E-state index contributed by atoms with van der Waals surface area (Å²) < 4.78 is 0. The van der Waals surface area contributed by atoms with Crippen molar-refractivity contribution in [2.75, 3.05) is 23.3 Å². The highest BCUT2D eigenvalue weighted by atomic mass is 16.1. The molecule has 2 aromatic heterocycles. The number of aromatic amines is 1. The molecule has 0 atom stereocenters. The van der Waals surface area contributed by atoms with E-state index in [0.717, 1.165) is 73.6 Å². The van der Waals surface area contributed by atoms with Crippen LogP contribution >= 0.6 is 0 Å². The molecule has 0 spiro atoms. The van der Waals surface area contributed by atoms with E-state index in [1.807, 2.05) is 30.3 Å². The lowest BCUT2D eigenvalue weighted by molar-refractivity contribution is 0.102. The molecule has 1 aromatic carbocycles. The van der Waals surface area contributed by atoms with E-state index in [1.165, 1.54) is 6.42 Å². The number of benzene rings is 1. The number of pyridine rings is 1. The summed E-state index contributed by atoms with van der Waals surface area (Å²) >= 11 is 0. The van der Waals surface area contributed by atoms with Crippen molar-refractivity contribution in [3.05, 3.63) is 47.9 Å². The monoisotopic (exact) mass is 377 g/mol. The molecule has 6 nitrogen and oxygen atoms in total. The van der Waals surface area contributed by atoms with Gasteiger partial charge in [0.15, 0.2) is 0 Å². The molecule has 0 saturated carbocycles. The number of piperidine rings is 1. The predicted octanol–water partition coefficient (Wildman–Crippen LogP) is 4.54. The van der Waals surface area contributed by atoms with Gasteiger partial charge in [0.2, 0.25) is 0 Å². The number of nitrogens with zero attached hydrogens (tertiary/aromatic N) is 3. The highest BCUT2D eigenvalue weighted by Gasteiger charge is 2.19. The van der Waals surface area contributed by atoms with E-state index in [0.29, 0.717) is 5.56 Å². The molecule has 1 fully saturated rings. The Kier molecular flexibility index (Phi) is 5.55. The quantitative estimate of drug-likeness (QED) is 0.661. The SMILES string of the molecule is CCCCc1nc2ccc(NC(=O)c3cccnc3N3CCCCC3)cc2[nH]1. The summed E-state index contributed by atoms with van der Waals surface area (Å²) in [5, 5.41) is 3.03. The molecule has 6 heteroatoms. The van der Waals surface area contributed by atoms with Gasteiger partial charge in [-0.1, -0.05) is 13.3 Å². The standard InChI is InChI=1S/C22H27N5O/c1-2-3-9-20-25-18-11-10-16(15-19(18)26-20)24-22(28)17-8-7-12-23-21(17)27-13-5-4-6-14-27/h7-8,10-12,15H,2-6,9,13-14H2,1H3,(H,24,28)(H,25,26). The maximum absolute atomic E-state index is 13.0. The zero-order valence-electron chi connectivity index (χ0n) is 16.4. The van der Waals surface area contributed by atoms with Crippen molar-refractivity contribution < 1.29 is 4.79 Å². The Hall–Kier alpha value is -2.89. The maximum atomic E-state index is 13.0. The number of hydrogen-bond donors (Lipinski definition) is 2. The third kappa shape index (κ3) is 4.01. The highest BCUT2D eigenvalue weighted by Crippen LogP contribution is 2.24. The minimum atomic E-state index is -0.126. The number of fused-ring (bicyclic) bond motifs is 1. The van der Waals surface area contributed by atoms with Gasteiger partial charge in [-0.25, -0.2) is 9.97 Å². The van der Waals surface area contributed by atoms with E-state index in [4.69, 9.17) is 0 Å². The molecule has 1 aliphatic rings. The smallest absolute Gasteiger partial charge is 0.259 e. The number of carbonyl (C=O) groups excluding carboxylic acids is 1. The number of carbonyl (C=O) groups is 1. The average molecular weight is 377 g/mol. The Morgan fingerprint density at radius 3 is 2.89 bits per heavy atom. The van der Waals surface area contributed by atoms with Gasteiger partial charge in [-0.3, -0.25) is 4.79 Å². The minimum absolute atomic E-state index is 0.126.